The van der Waals surface area contributed by atoms with E-state index in [2.05, 4.69) is 14.9 Å². The van der Waals surface area contributed by atoms with Crippen LogP contribution in [0.5, 0.6) is 28.9 Å². The Hall–Kier alpha value is -4.25. The minimum atomic E-state index is -0.759. The number of methoxy groups -OCH3 is 1. The van der Waals surface area contributed by atoms with Crippen LogP contribution in [0.4, 0.5) is 0 Å². The van der Waals surface area contributed by atoms with Crippen LogP contribution in [0, 0.1) is 0 Å². The van der Waals surface area contributed by atoms with Crippen molar-refractivity contribution in [2.45, 2.75) is 19.4 Å². The van der Waals surface area contributed by atoms with Crippen molar-refractivity contribution in [1.82, 2.24) is 14.5 Å². The van der Waals surface area contributed by atoms with Crippen molar-refractivity contribution in [2.75, 3.05) is 40.6 Å². The number of fused-ring (bicyclic) bond motifs is 2. The van der Waals surface area contributed by atoms with Crippen LogP contribution in [0.15, 0.2) is 44.9 Å². The molecule has 1 unspecified atom stereocenters. The van der Waals surface area contributed by atoms with Gasteiger partial charge in [-0.05, 0) is 56.3 Å². The molecule has 0 fully saturated rings. The van der Waals surface area contributed by atoms with Gasteiger partial charge in [0.15, 0.2) is 11.5 Å². The zero-order chi connectivity index (χ0) is 26.1. The van der Waals surface area contributed by atoms with Crippen molar-refractivity contribution in [2.24, 2.45) is 4.99 Å². The molecule has 0 saturated heterocycles. The summed E-state index contributed by atoms with van der Waals surface area (Å²) < 4.78 is 23.4. The number of rotatable bonds is 7. The highest BCUT2D eigenvalue weighted by molar-refractivity contribution is 5.82. The van der Waals surface area contributed by atoms with Gasteiger partial charge in [0.05, 0.1) is 32.0 Å². The van der Waals surface area contributed by atoms with Crippen LogP contribution in [0.1, 0.15) is 29.7 Å². The number of nitrogens with one attached hydrogen (secondary N) is 1. The predicted molar refractivity (Wildman–Crippen MR) is 136 cm³/mol. The SMILES string of the molecule is CCOc1ccc(-n2c(O)c(C=NCC3c4c(cc5c(c4OC)OCO5)CCN3C)c(=O)[nH]c2=O)cc1. The second-order valence-electron chi connectivity index (χ2n) is 8.72. The maximum Gasteiger partial charge on any atom is 0.335 e. The van der Waals surface area contributed by atoms with Crippen LogP contribution in [0.2, 0.25) is 0 Å². The fourth-order valence-electron chi connectivity index (χ4n) is 4.75. The van der Waals surface area contributed by atoms with E-state index in [1.807, 2.05) is 20.0 Å². The Balaban J connectivity index is 1.47. The first kappa shape index (κ1) is 24.4. The molecule has 2 aliphatic heterocycles. The van der Waals surface area contributed by atoms with Gasteiger partial charge in [0.2, 0.25) is 18.4 Å². The lowest BCUT2D eigenvalue weighted by atomic mass is 9.91. The van der Waals surface area contributed by atoms with Crippen molar-refractivity contribution >= 4 is 6.21 Å². The molecule has 2 N–H and O–H groups in total. The third-order valence-corrected chi connectivity index (χ3v) is 6.57. The first-order chi connectivity index (χ1) is 17.9. The van der Waals surface area contributed by atoms with E-state index >= 15 is 0 Å². The number of aromatic nitrogens is 2. The van der Waals surface area contributed by atoms with E-state index in [0.29, 0.717) is 35.3 Å². The summed E-state index contributed by atoms with van der Waals surface area (Å²) in [5.74, 6) is 1.97. The van der Waals surface area contributed by atoms with Crippen LogP contribution in [-0.2, 0) is 6.42 Å². The Bertz CT molecular complexity index is 1460. The van der Waals surface area contributed by atoms with Gasteiger partial charge < -0.3 is 24.1 Å². The topological polar surface area (TPSA) is 128 Å². The van der Waals surface area contributed by atoms with E-state index in [-0.39, 0.29) is 24.9 Å². The van der Waals surface area contributed by atoms with Crippen LogP contribution < -0.4 is 30.2 Å². The number of hydrogen-bond acceptors (Lipinski definition) is 9. The maximum absolute atomic E-state index is 12.6. The summed E-state index contributed by atoms with van der Waals surface area (Å²) in [5.41, 5.74) is 0.806. The number of hydrogen-bond donors (Lipinski definition) is 2. The normalized spacial score (nSPS) is 16.7. The molecular formula is C26H28N4O7. The standard InChI is InChI=1S/C26H28N4O7/c1-4-35-17-7-5-16(6-8-17)30-25(32)18(24(31)28-26(30)33)12-27-13-19-21-15(9-10-29(19)2)11-20-22(23(21)34-3)37-14-36-20/h5-8,11-12,19,32H,4,9-10,13-14H2,1-3H3,(H,28,31,33). The molecule has 0 bridgehead atoms. The molecule has 3 heterocycles. The van der Waals surface area contributed by atoms with Crippen LogP contribution in [0.3, 0.4) is 0 Å². The molecule has 11 heteroatoms. The number of aliphatic imine (C=N–C) groups is 1. The summed E-state index contributed by atoms with van der Waals surface area (Å²) in [7, 11) is 3.58. The molecule has 5 rings (SSSR count). The zero-order valence-electron chi connectivity index (χ0n) is 20.8. The van der Waals surface area contributed by atoms with Crippen molar-refractivity contribution in [1.29, 1.82) is 0 Å². The molecule has 0 radical (unpaired) electrons. The number of likely N-dealkylation sites (N-methyl/N-ethyl adjacent to an activating group) is 1. The van der Waals surface area contributed by atoms with Gasteiger partial charge in [0.1, 0.15) is 11.3 Å². The number of aromatic hydroxyl groups is 1. The van der Waals surface area contributed by atoms with Crippen LogP contribution in [0.25, 0.3) is 5.69 Å². The summed E-state index contributed by atoms with van der Waals surface area (Å²) in [5, 5.41) is 10.9. The van der Waals surface area contributed by atoms with Gasteiger partial charge in [-0.2, -0.15) is 0 Å². The molecule has 11 nitrogen and oxygen atoms in total. The first-order valence-corrected chi connectivity index (χ1v) is 11.9. The fourth-order valence-corrected chi connectivity index (χ4v) is 4.75. The third-order valence-electron chi connectivity index (χ3n) is 6.57. The number of aromatic amines is 1. The van der Waals surface area contributed by atoms with Gasteiger partial charge in [-0.1, -0.05) is 0 Å². The molecule has 2 aliphatic rings. The molecule has 37 heavy (non-hydrogen) atoms. The fraction of sp³-hybridized carbons (Fsp3) is 0.346. The van der Waals surface area contributed by atoms with Gasteiger partial charge >= 0.3 is 5.69 Å². The van der Waals surface area contributed by atoms with Gasteiger partial charge in [-0.3, -0.25) is 19.7 Å². The Morgan fingerprint density at radius 1 is 1.24 bits per heavy atom. The van der Waals surface area contributed by atoms with Gasteiger partial charge in [0, 0.05) is 18.3 Å². The van der Waals surface area contributed by atoms with Crippen LogP contribution >= 0.6 is 0 Å². The molecule has 0 spiro atoms. The number of H-pyrrole nitrogens is 1. The molecular weight excluding hydrogens is 480 g/mol. The highest BCUT2D eigenvalue weighted by atomic mass is 16.7. The van der Waals surface area contributed by atoms with Crippen molar-refractivity contribution < 1.29 is 24.1 Å². The lowest BCUT2D eigenvalue weighted by Crippen LogP contribution is -2.34. The van der Waals surface area contributed by atoms with E-state index in [1.165, 1.54) is 6.21 Å². The Morgan fingerprint density at radius 3 is 2.76 bits per heavy atom. The van der Waals surface area contributed by atoms with Gasteiger partial charge in [-0.25, -0.2) is 9.36 Å². The first-order valence-electron chi connectivity index (χ1n) is 11.9. The van der Waals surface area contributed by atoms with Gasteiger partial charge in [0.25, 0.3) is 5.56 Å². The maximum atomic E-state index is 12.6. The van der Waals surface area contributed by atoms with Crippen molar-refractivity contribution in [3.63, 3.8) is 0 Å². The third kappa shape index (κ3) is 4.42. The van der Waals surface area contributed by atoms with Crippen molar-refractivity contribution in [3.8, 4) is 34.6 Å². The molecule has 0 amide bonds. The summed E-state index contributed by atoms with van der Waals surface area (Å²) in [6.45, 7) is 3.58. The highest BCUT2D eigenvalue weighted by Crippen LogP contribution is 2.49. The smallest absolute Gasteiger partial charge is 0.335 e. The monoisotopic (exact) mass is 508 g/mol. The number of ether oxygens (including phenoxy) is 4. The largest absolute Gasteiger partial charge is 0.494 e. The summed E-state index contributed by atoms with van der Waals surface area (Å²) in [6.07, 6.45) is 2.10. The van der Waals surface area contributed by atoms with E-state index < -0.39 is 17.1 Å². The van der Waals surface area contributed by atoms with E-state index in [0.717, 1.165) is 28.7 Å². The van der Waals surface area contributed by atoms with E-state index in [9.17, 15) is 14.7 Å². The van der Waals surface area contributed by atoms with Crippen molar-refractivity contribution in [3.05, 3.63) is 67.9 Å². The average Bonchev–Trinajstić information content (AvgIpc) is 3.35. The van der Waals surface area contributed by atoms with Crippen LogP contribution in [-0.4, -0.2) is 66.4 Å². The second kappa shape index (κ2) is 10.0. The quantitative estimate of drug-likeness (QED) is 0.464. The predicted octanol–water partition coefficient (Wildman–Crippen LogP) is 2.02. The van der Waals surface area contributed by atoms with Gasteiger partial charge in [-0.15, -0.1) is 0 Å². The Morgan fingerprint density at radius 2 is 2.03 bits per heavy atom. The second-order valence-corrected chi connectivity index (χ2v) is 8.72. The molecule has 1 atom stereocenters. The molecule has 2 aromatic carbocycles. The molecule has 0 saturated carbocycles. The number of nitrogens with zero attached hydrogens (tertiary/aromatic N) is 3. The average molecular weight is 509 g/mol. The minimum Gasteiger partial charge on any atom is -0.494 e. The summed E-state index contributed by atoms with van der Waals surface area (Å²) in [4.78, 5) is 34.0. The summed E-state index contributed by atoms with van der Waals surface area (Å²) in [6, 6.07) is 8.42. The highest BCUT2D eigenvalue weighted by Gasteiger charge is 2.33. The lowest BCUT2D eigenvalue weighted by Gasteiger charge is -2.35. The Labute approximate surface area is 212 Å². The lowest BCUT2D eigenvalue weighted by molar-refractivity contribution is 0.170. The molecule has 3 aromatic rings. The minimum absolute atomic E-state index is 0.121. The summed E-state index contributed by atoms with van der Waals surface area (Å²) >= 11 is 0. The van der Waals surface area contributed by atoms with E-state index in [4.69, 9.17) is 18.9 Å². The zero-order valence-corrected chi connectivity index (χ0v) is 20.8. The molecule has 194 valence electrons. The molecule has 0 aliphatic carbocycles. The number of benzene rings is 2. The van der Waals surface area contributed by atoms with E-state index in [1.54, 1.807) is 31.4 Å². The molecule has 1 aromatic heterocycles. The Kier molecular flexibility index (Phi) is 6.62.